The fourth-order valence-corrected chi connectivity index (χ4v) is 2.57. The Morgan fingerprint density at radius 3 is 2.81 bits per heavy atom. The molecule has 1 saturated heterocycles. The number of hydrogen-bond donors (Lipinski definition) is 0. The molecule has 2 aliphatic rings. The molecule has 1 aliphatic carbocycles. The van der Waals surface area contributed by atoms with E-state index in [2.05, 4.69) is 45.9 Å². The zero-order valence-electron chi connectivity index (χ0n) is 11.0. The van der Waals surface area contributed by atoms with E-state index in [1.165, 1.54) is 12.0 Å². The Balaban J connectivity index is 2.11. The molecule has 0 radical (unpaired) electrons. The summed E-state index contributed by atoms with van der Waals surface area (Å²) in [6, 6.07) is 0. The van der Waals surface area contributed by atoms with Gasteiger partial charge in [-0.15, -0.1) is 0 Å². The third-order valence-electron chi connectivity index (χ3n) is 3.89. The molecule has 16 heavy (non-hydrogen) atoms. The van der Waals surface area contributed by atoms with E-state index >= 15 is 0 Å². The molecule has 0 amide bonds. The number of fused-ring (bicyclic) bond motifs is 1. The van der Waals surface area contributed by atoms with Gasteiger partial charge in [-0.3, -0.25) is 0 Å². The highest BCUT2D eigenvalue weighted by Crippen LogP contribution is 2.46. The highest BCUT2D eigenvalue weighted by Gasteiger charge is 2.52. The Hall–Kier alpha value is -0.560. The van der Waals surface area contributed by atoms with E-state index in [9.17, 15) is 0 Å². The quantitative estimate of drug-likeness (QED) is 0.439. The number of allylic oxidation sites excluding steroid dienone is 4. The second-order valence-corrected chi connectivity index (χ2v) is 6.31. The van der Waals surface area contributed by atoms with E-state index in [1.807, 2.05) is 0 Å². The first-order valence-corrected chi connectivity index (χ1v) is 6.42. The second-order valence-electron chi connectivity index (χ2n) is 6.31. The van der Waals surface area contributed by atoms with E-state index in [0.717, 1.165) is 19.3 Å². The molecule has 1 nitrogen and oxygen atoms in total. The third-order valence-corrected chi connectivity index (χ3v) is 3.89. The third kappa shape index (κ3) is 2.76. The van der Waals surface area contributed by atoms with Crippen molar-refractivity contribution >= 4 is 0 Å². The predicted molar refractivity (Wildman–Crippen MR) is 68.4 cm³/mol. The minimum absolute atomic E-state index is 0.159. The standard InChI is InChI=1S/C15H24O/c1-12-7-5-9-14(2,3)11-13-15(4,16-13)10-6-8-12/h5,8-9,13H,6-7,10-11H2,1-4H3/b9-5-,12-8+. The topological polar surface area (TPSA) is 12.5 Å². The highest BCUT2D eigenvalue weighted by molar-refractivity contribution is 5.12. The van der Waals surface area contributed by atoms with Crippen molar-refractivity contribution in [1.82, 2.24) is 0 Å². The fourth-order valence-electron chi connectivity index (χ4n) is 2.57. The van der Waals surface area contributed by atoms with E-state index in [-0.39, 0.29) is 11.0 Å². The average Bonchev–Trinajstić information content (AvgIpc) is 2.73. The number of epoxide rings is 1. The van der Waals surface area contributed by atoms with Crippen molar-refractivity contribution in [3.05, 3.63) is 23.8 Å². The highest BCUT2D eigenvalue weighted by atomic mass is 16.6. The molecule has 0 aromatic rings. The lowest BCUT2D eigenvalue weighted by atomic mass is 9.84. The van der Waals surface area contributed by atoms with Gasteiger partial charge in [-0.2, -0.15) is 0 Å². The second kappa shape index (κ2) is 4.03. The summed E-state index contributed by atoms with van der Waals surface area (Å²) in [4.78, 5) is 0. The van der Waals surface area contributed by atoms with E-state index in [0.29, 0.717) is 6.10 Å². The number of rotatable bonds is 0. The van der Waals surface area contributed by atoms with Gasteiger partial charge in [0.25, 0.3) is 0 Å². The van der Waals surface area contributed by atoms with Crippen molar-refractivity contribution in [3.8, 4) is 0 Å². The minimum atomic E-state index is 0.159. The van der Waals surface area contributed by atoms with Gasteiger partial charge in [0, 0.05) is 0 Å². The van der Waals surface area contributed by atoms with E-state index < -0.39 is 0 Å². The van der Waals surface area contributed by atoms with Gasteiger partial charge in [0.15, 0.2) is 0 Å². The van der Waals surface area contributed by atoms with Gasteiger partial charge >= 0.3 is 0 Å². The average molecular weight is 220 g/mol. The molecule has 0 aromatic heterocycles. The van der Waals surface area contributed by atoms with E-state index in [4.69, 9.17) is 4.74 Å². The van der Waals surface area contributed by atoms with Crippen molar-refractivity contribution in [3.63, 3.8) is 0 Å². The molecule has 90 valence electrons. The maximum atomic E-state index is 5.88. The Kier molecular flexibility index (Phi) is 3.00. The molecule has 2 unspecified atom stereocenters. The van der Waals surface area contributed by atoms with Crippen LogP contribution in [0.1, 0.15) is 53.4 Å². The lowest BCUT2D eigenvalue weighted by Crippen LogP contribution is -2.16. The van der Waals surface area contributed by atoms with Crippen molar-refractivity contribution in [2.45, 2.75) is 65.1 Å². The lowest BCUT2D eigenvalue weighted by molar-refractivity contribution is 0.280. The zero-order chi connectivity index (χ0) is 11.8. The summed E-state index contributed by atoms with van der Waals surface area (Å²) < 4.78 is 5.88. The normalized spacial score (nSPS) is 43.5. The number of ether oxygens (including phenoxy) is 1. The lowest BCUT2D eigenvalue weighted by Gasteiger charge is -2.19. The summed E-state index contributed by atoms with van der Waals surface area (Å²) in [5.74, 6) is 0. The molecular weight excluding hydrogens is 196 g/mol. The van der Waals surface area contributed by atoms with Crippen molar-refractivity contribution in [2.75, 3.05) is 0 Å². The van der Waals surface area contributed by atoms with Crippen LogP contribution in [0.4, 0.5) is 0 Å². The molecule has 2 rings (SSSR count). The zero-order valence-corrected chi connectivity index (χ0v) is 11.0. The van der Waals surface area contributed by atoms with Crippen LogP contribution in [0.3, 0.4) is 0 Å². The van der Waals surface area contributed by atoms with Crippen LogP contribution in [-0.4, -0.2) is 11.7 Å². The van der Waals surface area contributed by atoms with E-state index in [1.54, 1.807) is 0 Å². The maximum Gasteiger partial charge on any atom is 0.0923 e. The molecule has 0 aromatic carbocycles. The monoisotopic (exact) mass is 220 g/mol. The van der Waals surface area contributed by atoms with Gasteiger partial charge in [0.1, 0.15) is 0 Å². The molecule has 0 N–H and O–H groups in total. The molecule has 1 heteroatoms. The van der Waals surface area contributed by atoms with Gasteiger partial charge in [-0.05, 0) is 44.9 Å². The van der Waals surface area contributed by atoms with Crippen LogP contribution in [0.15, 0.2) is 23.8 Å². The smallest absolute Gasteiger partial charge is 0.0923 e. The van der Waals surface area contributed by atoms with Gasteiger partial charge in [-0.1, -0.05) is 37.6 Å². The molecule has 0 bridgehead atoms. The van der Waals surface area contributed by atoms with Crippen molar-refractivity contribution in [1.29, 1.82) is 0 Å². The number of hydrogen-bond acceptors (Lipinski definition) is 1. The van der Waals surface area contributed by atoms with Gasteiger partial charge < -0.3 is 4.74 Å². The Morgan fingerprint density at radius 1 is 1.31 bits per heavy atom. The van der Waals surface area contributed by atoms with Gasteiger partial charge in [0.2, 0.25) is 0 Å². The predicted octanol–water partition coefficient (Wildman–Crippen LogP) is 4.25. The molecular formula is C15H24O. The summed E-state index contributed by atoms with van der Waals surface area (Å²) in [6.07, 6.45) is 12.1. The summed E-state index contributed by atoms with van der Waals surface area (Å²) in [5.41, 5.74) is 1.91. The van der Waals surface area contributed by atoms with Crippen LogP contribution in [0.2, 0.25) is 0 Å². The van der Waals surface area contributed by atoms with Gasteiger partial charge in [0.05, 0.1) is 11.7 Å². The minimum Gasteiger partial charge on any atom is -0.366 e. The van der Waals surface area contributed by atoms with Crippen LogP contribution >= 0.6 is 0 Å². The van der Waals surface area contributed by atoms with Crippen LogP contribution in [0.25, 0.3) is 0 Å². The van der Waals surface area contributed by atoms with Crippen molar-refractivity contribution < 1.29 is 4.74 Å². The SMILES string of the molecule is C/C1=C\CCC2(C)OC2CC(C)(C)/C=C\C1. The Labute approximate surface area is 99.6 Å². The van der Waals surface area contributed by atoms with Gasteiger partial charge in [-0.25, -0.2) is 0 Å². The molecule has 0 saturated carbocycles. The van der Waals surface area contributed by atoms with Crippen molar-refractivity contribution in [2.24, 2.45) is 5.41 Å². The Bertz CT molecular complexity index is 324. The summed E-state index contributed by atoms with van der Waals surface area (Å²) >= 11 is 0. The first-order valence-electron chi connectivity index (χ1n) is 6.42. The molecule has 0 spiro atoms. The molecule has 1 fully saturated rings. The largest absolute Gasteiger partial charge is 0.366 e. The van der Waals surface area contributed by atoms with Crippen LogP contribution in [-0.2, 0) is 4.74 Å². The summed E-state index contributed by atoms with van der Waals surface area (Å²) in [6.45, 7) is 9.10. The summed E-state index contributed by atoms with van der Waals surface area (Å²) in [5, 5.41) is 0. The first kappa shape index (κ1) is 11.9. The molecule has 1 heterocycles. The maximum absolute atomic E-state index is 5.88. The summed E-state index contributed by atoms with van der Waals surface area (Å²) in [7, 11) is 0. The van der Waals surface area contributed by atoms with Crippen LogP contribution in [0.5, 0.6) is 0 Å². The van der Waals surface area contributed by atoms with Crippen LogP contribution in [0, 0.1) is 5.41 Å². The fraction of sp³-hybridized carbons (Fsp3) is 0.733. The molecule has 2 atom stereocenters. The molecule has 1 aliphatic heterocycles. The Morgan fingerprint density at radius 2 is 2.06 bits per heavy atom. The van der Waals surface area contributed by atoms with Crippen LogP contribution < -0.4 is 0 Å². The first-order chi connectivity index (χ1) is 7.41.